The standard InChI is InChI=1S/C5H7NO4/c1-6-2-3(4(7)8)10-5(6)9/h3H,2H2,1H3,(H,7,8). The topological polar surface area (TPSA) is 66.8 Å². The lowest BCUT2D eigenvalue weighted by Gasteiger charge is -1.99. The van der Waals surface area contributed by atoms with Crippen LogP contribution in [-0.4, -0.2) is 41.8 Å². The van der Waals surface area contributed by atoms with Crippen LogP contribution in [0.25, 0.3) is 0 Å². The zero-order valence-corrected chi connectivity index (χ0v) is 5.40. The predicted molar refractivity (Wildman–Crippen MR) is 30.5 cm³/mol. The highest BCUT2D eigenvalue weighted by Gasteiger charge is 2.33. The van der Waals surface area contributed by atoms with Crippen LogP contribution >= 0.6 is 0 Å². The normalized spacial score (nSPS) is 24.7. The second kappa shape index (κ2) is 2.17. The van der Waals surface area contributed by atoms with Crippen molar-refractivity contribution in [2.45, 2.75) is 6.10 Å². The van der Waals surface area contributed by atoms with E-state index in [1.807, 2.05) is 0 Å². The molecule has 5 nitrogen and oxygen atoms in total. The number of likely N-dealkylation sites (N-methyl/N-ethyl adjacent to an activating group) is 1. The van der Waals surface area contributed by atoms with E-state index in [1.165, 1.54) is 11.9 Å². The van der Waals surface area contributed by atoms with Gasteiger partial charge in [0.2, 0.25) is 6.10 Å². The Hall–Kier alpha value is -1.26. The first kappa shape index (κ1) is 6.85. The van der Waals surface area contributed by atoms with E-state index in [0.29, 0.717) is 0 Å². The minimum absolute atomic E-state index is 0.133. The van der Waals surface area contributed by atoms with E-state index in [2.05, 4.69) is 4.74 Å². The van der Waals surface area contributed by atoms with Crippen molar-refractivity contribution in [2.24, 2.45) is 0 Å². The molecule has 1 N–H and O–H groups in total. The third-order valence-corrected chi connectivity index (χ3v) is 1.27. The van der Waals surface area contributed by atoms with Crippen molar-refractivity contribution in [3.63, 3.8) is 0 Å². The maximum absolute atomic E-state index is 10.5. The molecule has 0 aromatic heterocycles. The Bertz CT molecular complexity index is 178. The molecule has 0 bridgehead atoms. The first-order valence-corrected chi connectivity index (χ1v) is 2.76. The van der Waals surface area contributed by atoms with E-state index >= 15 is 0 Å². The Balaban J connectivity index is 2.57. The van der Waals surface area contributed by atoms with Crippen LogP contribution in [0.5, 0.6) is 0 Å². The Kier molecular flexibility index (Phi) is 1.48. The number of carboxylic acid groups (broad SMARTS) is 1. The van der Waals surface area contributed by atoms with Gasteiger partial charge in [0.25, 0.3) is 0 Å². The average Bonchev–Trinajstić information content (AvgIpc) is 2.13. The first-order chi connectivity index (χ1) is 4.61. The molecule has 10 heavy (non-hydrogen) atoms. The highest BCUT2D eigenvalue weighted by Crippen LogP contribution is 2.07. The molecule has 1 aliphatic heterocycles. The fraction of sp³-hybridized carbons (Fsp3) is 0.600. The lowest BCUT2D eigenvalue weighted by Crippen LogP contribution is -2.24. The number of carbonyl (C=O) groups is 2. The quantitative estimate of drug-likeness (QED) is 0.541. The molecule has 1 amide bonds. The SMILES string of the molecule is CN1CC(C(=O)O)OC1=O. The maximum atomic E-state index is 10.5. The molecule has 0 radical (unpaired) electrons. The second-order valence-electron chi connectivity index (χ2n) is 2.09. The summed E-state index contributed by atoms with van der Waals surface area (Å²) in [4.78, 5) is 21.9. The van der Waals surface area contributed by atoms with Crippen LogP contribution in [0.1, 0.15) is 0 Å². The Morgan fingerprint density at radius 1 is 1.90 bits per heavy atom. The largest absolute Gasteiger partial charge is 0.478 e. The summed E-state index contributed by atoms with van der Waals surface area (Å²) in [6.07, 6.45) is -1.56. The number of aliphatic carboxylic acids is 1. The molecule has 1 saturated heterocycles. The van der Waals surface area contributed by atoms with Gasteiger partial charge in [-0.3, -0.25) is 0 Å². The van der Waals surface area contributed by atoms with Gasteiger partial charge in [0.1, 0.15) is 0 Å². The Morgan fingerprint density at radius 3 is 2.70 bits per heavy atom. The van der Waals surface area contributed by atoms with Crippen molar-refractivity contribution < 1.29 is 19.4 Å². The van der Waals surface area contributed by atoms with Crippen LogP contribution in [0.3, 0.4) is 0 Å². The molecule has 0 saturated carbocycles. The monoisotopic (exact) mass is 145 g/mol. The molecule has 0 aliphatic carbocycles. The zero-order chi connectivity index (χ0) is 7.72. The summed E-state index contributed by atoms with van der Waals surface area (Å²) in [5.41, 5.74) is 0. The van der Waals surface area contributed by atoms with E-state index < -0.39 is 18.2 Å². The third-order valence-electron chi connectivity index (χ3n) is 1.27. The summed E-state index contributed by atoms with van der Waals surface area (Å²) in [7, 11) is 1.49. The highest BCUT2D eigenvalue weighted by molar-refractivity contribution is 5.80. The van der Waals surface area contributed by atoms with Crippen molar-refractivity contribution >= 4 is 12.1 Å². The van der Waals surface area contributed by atoms with Gasteiger partial charge in [0, 0.05) is 7.05 Å². The lowest BCUT2D eigenvalue weighted by molar-refractivity contribution is -0.144. The molecule has 1 rings (SSSR count). The van der Waals surface area contributed by atoms with Crippen molar-refractivity contribution in [3.8, 4) is 0 Å². The van der Waals surface area contributed by atoms with Gasteiger partial charge in [0.15, 0.2) is 0 Å². The highest BCUT2D eigenvalue weighted by atomic mass is 16.6. The van der Waals surface area contributed by atoms with Gasteiger partial charge in [0.05, 0.1) is 6.54 Å². The molecular weight excluding hydrogens is 138 g/mol. The van der Waals surface area contributed by atoms with Gasteiger partial charge in [-0.25, -0.2) is 9.59 Å². The number of amides is 1. The summed E-state index contributed by atoms with van der Waals surface area (Å²) in [5.74, 6) is -1.10. The number of rotatable bonds is 1. The van der Waals surface area contributed by atoms with Crippen LogP contribution in [0.4, 0.5) is 4.79 Å². The molecule has 5 heteroatoms. The van der Waals surface area contributed by atoms with Gasteiger partial charge in [-0.1, -0.05) is 0 Å². The number of carboxylic acids is 1. The summed E-state index contributed by atoms with van der Waals surface area (Å²) < 4.78 is 4.42. The summed E-state index contributed by atoms with van der Waals surface area (Å²) in [6.45, 7) is 0.133. The van der Waals surface area contributed by atoms with Crippen molar-refractivity contribution in [2.75, 3.05) is 13.6 Å². The minimum Gasteiger partial charge on any atom is -0.478 e. The van der Waals surface area contributed by atoms with E-state index in [1.54, 1.807) is 0 Å². The lowest BCUT2D eigenvalue weighted by atomic mass is 10.4. The van der Waals surface area contributed by atoms with Gasteiger partial charge < -0.3 is 14.7 Å². The smallest absolute Gasteiger partial charge is 0.410 e. The third kappa shape index (κ3) is 1.02. The molecule has 1 heterocycles. The van der Waals surface area contributed by atoms with Crippen molar-refractivity contribution in [1.29, 1.82) is 0 Å². The number of hydrogen-bond donors (Lipinski definition) is 1. The fourth-order valence-corrected chi connectivity index (χ4v) is 0.701. The number of hydrogen-bond acceptors (Lipinski definition) is 3. The summed E-state index contributed by atoms with van der Waals surface area (Å²) >= 11 is 0. The van der Waals surface area contributed by atoms with Gasteiger partial charge in [-0.2, -0.15) is 0 Å². The Labute approximate surface area is 57.2 Å². The van der Waals surface area contributed by atoms with Crippen LogP contribution in [0.2, 0.25) is 0 Å². The van der Waals surface area contributed by atoms with E-state index in [9.17, 15) is 9.59 Å². The van der Waals surface area contributed by atoms with E-state index in [4.69, 9.17) is 5.11 Å². The van der Waals surface area contributed by atoms with Crippen LogP contribution < -0.4 is 0 Å². The summed E-state index contributed by atoms with van der Waals surface area (Å²) in [6, 6.07) is 0. The zero-order valence-electron chi connectivity index (χ0n) is 5.40. The fourth-order valence-electron chi connectivity index (χ4n) is 0.701. The van der Waals surface area contributed by atoms with Gasteiger partial charge in [-0.05, 0) is 0 Å². The van der Waals surface area contributed by atoms with Crippen molar-refractivity contribution in [3.05, 3.63) is 0 Å². The minimum atomic E-state index is -1.10. The average molecular weight is 145 g/mol. The van der Waals surface area contributed by atoms with Crippen LogP contribution in [0.15, 0.2) is 0 Å². The number of nitrogens with zero attached hydrogens (tertiary/aromatic N) is 1. The molecule has 56 valence electrons. The second-order valence-corrected chi connectivity index (χ2v) is 2.09. The van der Waals surface area contributed by atoms with E-state index in [-0.39, 0.29) is 6.54 Å². The first-order valence-electron chi connectivity index (χ1n) is 2.76. The van der Waals surface area contributed by atoms with Crippen LogP contribution in [-0.2, 0) is 9.53 Å². The Morgan fingerprint density at radius 2 is 2.50 bits per heavy atom. The maximum Gasteiger partial charge on any atom is 0.410 e. The van der Waals surface area contributed by atoms with Gasteiger partial charge in [-0.15, -0.1) is 0 Å². The molecule has 1 aliphatic rings. The number of carbonyl (C=O) groups excluding carboxylic acids is 1. The molecule has 0 spiro atoms. The van der Waals surface area contributed by atoms with Crippen molar-refractivity contribution in [1.82, 2.24) is 4.90 Å². The summed E-state index contributed by atoms with van der Waals surface area (Å²) in [5, 5.41) is 8.34. The molecule has 1 atom stereocenters. The van der Waals surface area contributed by atoms with Gasteiger partial charge >= 0.3 is 12.1 Å². The molecular formula is C5H7NO4. The molecule has 1 unspecified atom stereocenters. The number of cyclic esters (lactones) is 1. The molecule has 1 fully saturated rings. The predicted octanol–water partition coefficient (Wildman–Crippen LogP) is -0.478. The molecule has 0 aromatic rings. The van der Waals surface area contributed by atoms with Crippen LogP contribution in [0, 0.1) is 0 Å². The number of ether oxygens (including phenoxy) is 1. The molecule has 0 aromatic carbocycles. The van der Waals surface area contributed by atoms with E-state index in [0.717, 1.165) is 0 Å².